The van der Waals surface area contributed by atoms with Crippen LogP contribution in [-0.2, 0) is 6.54 Å². The molecule has 0 saturated carbocycles. The normalized spacial score (nSPS) is 15.2. The van der Waals surface area contributed by atoms with E-state index in [4.69, 9.17) is 20.8 Å². The van der Waals surface area contributed by atoms with E-state index in [-0.39, 0.29) is 28.8 Å². The van der Waals surface area contributed by atoms with Crippen molar-refractivity contribution in [2.45, 2.75) is 19.5 Å². The number of fused-ring (bicyclic) bond motifs is 2. The van der Waals surface area contributed by atoms with Crippen LogP contribution in [0.1, 0.15) is 40.2 Å². The molecule has 3 aromatic carbocycles. The van der Waals surface area contributed by atoms with Crippen molar-refractivity contribution in [3.63, 3.8) is 0 Å². The lowest BCUT2D eigenvalue weighted by Gasteiger charge is -2.25. The number of hydrogen-bond donors (Lipinski definition) is 0. The highest BCUT2D eigenvalue weighted by Crippen LogP contribution is 2.40. The van der Waals surface area contributed by atoms with E-state index in [9.17, 15) is 14.0 Å². The third-order valence-corrected chi connectivity index (χ3v) is 6.10. The molecule has 1 aliphatic heterocycles. The first-order valence-corrected chi connectivity index (χ1v) is 10.9. The molecule has 1 atom stereocenters. The Balaban J connectivity index is 1.70. The molecule has 5 nitrogen and oxygen atoms in total. The summed E-state index contributed by atoms with van der Waals surface area (Å²) in [4.78, 5) is 28.5. The maximum Gasteiger partial charge on any atom is 0.291 e. The molecule has 1 aromatic heterocycles. The van der Waals surface area contributed by atoms with Crippen molar-refractivity contribution in [2.24, 2.45) is 0 Å². The van der Waals surface area contributed by atoms with Crippen LogP contribution >= 0.6 is 11.6 Å². The van der Waals surface area contributed by atoms with Gasteiger partial charge in [-0.05, 0) is 54.4 Å². The maximum absolute atomic E-state index is 13.9. The Morgan fingerprint density at radius 3 is 2.55 bits per heavy atom. The monoisotopic (exact) mass is 463 g/mol. The van der Waals surface area contributed by atoms with Gasteiger partial charge in [0.2, 0.25) is 5.76 Å². The lowest BCUT2D eigenvalue weighted by Crippen LogP contribution is -2.29. The Morgan fingerprint density at radius 1 is 1.06 bits per heavy atom. The van der Waals surface area contributed by atoms with Gasteiger partial charge in [0.15, 0.2) is 5.43 Å². The Bertz CT molecular complexity index is 1430. The highest BCUT2D eigenvalue weighted by Gasteiger charge is 2.42. The average molecular weight is 464 g/mol. The fraction of sp³-hybridized carbons (Fsp3) is 0.154. The number of benzene rings is 3. The van der Waals surface area contributed by atoms with Gasteiger partial charge in [-0.3, -0.25) is 9.59 Å². The van der Waals surface area contributed by atoms with E-state index in [2.05, 4.69) is 0 Å². The van der Waals surface area contributed by atoms with Crippen LogP contribution in [0.3, 0.4) is 0 Å². The van der Waals surface area contributed by atoms with Gasteiger partial charge in [0.1, 0.15) is 17.1 Å². The molecule has 0 bridgehead atoms. The largest absolute Gasteiger partial charge is 0.494 e. The predicted molar refractivity (Wildman–Crippen MR) is 123 cm³/mol. The van der Waals surface area contributed by atoms with Crippen molar-refractivity contribution in [3.8, 4) is 5.75 Å². The second-order valence-electron chi connectivity index (χ2n) is 7.74. The smallest absolute Gasteiger partial charge is 0.291 e. The molecule has 0 saturated heterocycles. The van der Waals surface area contributed by atoms with E-state index in [1.807, 2.05) is 37.3 Å². The van der Waals surface area contributed by atoms with Crippen LogP contribution < -0.4 is 10.2 Å². The molecule has 4 aromatic rings. The number of carbonyl (C=O) groups excluding carboxylic acids is 1. The van der Waals surface area contributed by atoms with Gasteiger partial charge in [-0.15, -0.1) is 0 Å². The summed E-state index contributed by atoms with van der Waals surface area (Å²) in [5.74, 6) is -0.335. The Morgan fingerprint density at radius 2 is 1.82 bits per heavy atom. The summed E-state index contributed by atoms with van der Waals surface area (Å²) in [6, 6.07) is 17.4. The van der Waals surface area contributed by atoms with Crippen molar-refractivity contribution < 1.29 is 18.3 Å². The molecule has 1 aliphatic rings. The fourth-order valence-corrected chi connectivity index (χ4v) is 4.42. The molecule has 33 heavy (non-hydrogen) atoms. The Hall–Kier alpha value is -3.64. The van der Waals surface area contributed by atoms with Crippen molar-refractivity contribution in [3.05, 3.63) is 110 Å². The van der Waals surface area contributed by atoms with Crippen molar-refractivity contribution in [1.29, 1.82) is 0 Å². The van der Waals surface area contributed by atoms with Gasteiger partial charge >= 0.3 is 0 Å². The topological polar surface area (TPSA) is 59.8 Å². The van der Waals surface area contributed by atoms with E-state index >= 15 is 0 Å². The van der Waals surface area contributed by atoms with Crippen LogP contribution in [0, 0.1) is 5.82 Å². The summed E-state index contributed by atoms with van der Waals surface area (Å²) in [6.45, 7) is 2.58. The van der Waals surface area contributed by atoms with Gasteiger partial charge in [-0.2, -0.15) is 0 Å². The second-order valence-corrected chi connectivity index (χ2v) is 8.15. The molecular formula is C26H19ClFNO4. The number of rotatable bonds is 5. The lowest BCUT2D eigenvalue weighted by atomic mass is 9.98. The molecule has 7 heteroatoms. The number of ether oxygens (including phenoxy) is 1. The number of halogens is 2. The van der Waals surface area contributed by atoms with E-state index in [1.54, 1.807) is 23.1 Å². The molecule has 1 amide bonds. The average Bonchev–Trinajstić information content (AvgIpc) is 3.08. The number of hydrogen-bond acceptors (Lipinski definition) is 4. The molecular weight excluding hydrogens is 445 g/mol. The molecule has 5 rings (SSSR count). The summed E-state index contributed by atoms with van der Waals surface area (Å²) < 4.78 is 25.3. The van der Waals surface area contributed by atoms with Crippen molar-refractivity contribution in [2.75, 3.05) is 6.61 Å². The molecule has 2 heterocycles. The first-order valence-electron chi connectivity index (χ1n) is 10.5. The van der Waals surface area contributed by atoms with Crippen LogP contribution in [0.4, 0.5) is 4.39 Å². The third kappa shape index (κ3) is 3.66. The number of amides is 1. The van der Waals surface area contributed by atoms with Crippen LogP contribution in [0.15, 0.2) is 75.9 Å². The van der Waals surface area contributed by atoms with Gasteiger partial charge in [0.05, 0.1) is 23.6 Å². The molecule has 0 aliphatic carbocycles. The molecule has 0 spiro atoms. The minimum Gasteiger partial charge on any atom is -0.494 e. The SMILES string of the molecule is CCOc1ccc(C2c3c(oc4ccc(F)cc4c3=O)C(=O)N2Cc2ccccc2Cl)cc1. The van der Waals surface area contributed by atoms with Crippen LogP contribution in [0.5, 0.6) is 5.75 Å². The number of carbonyl (C=O) groups is 1. The minimum absolute atomic E-state index is 0.0370. The molecule has 0 radical (unpaired) electrons. The molecule has 0 fully saturated rings. The quantitative estimate of drug-likeness (QED) is 0.379. The zero-order chi connectivity index (χ0) is 23.1. The predicted octanol–water partition coefficient (Wildman–Crippen LogP) is 5.73. The van der Waals surface area contributed by atoms with Crippen molar-refractivity contribution >= 4 is 28.5 Å². The van der Waals surface area contributed by atoms with E-state index in [0.29, 0.717) is 22.9 Å². The highest BCUT2D eigenvalue weighted by atomic mass is 35.5. The van der Waals surface area contributed by atoms with E-state index in [0.717, 1.165) is 11.6 Å². The standard InChI is InChI=1S/C26H19ClFNO4/c1-2-32-18-10-7-15(8-11-18)23-22-24(30)19-13-17(28)9-12-21(19)33-25(22)26(31)29(23)14-16-5-3-4-6-20(16)27/h3-13,23H,2,14H2,1H3. The van der Waals surface area contributed by atoms with Gasteiger partial charge in [0.25, 0.3) is 5.91 Å². The Kier molecular flexibility index (Phi) is 5.38. The first-order chi connectivity index (χ1) is 16.0. The van der Waals surface area contributed by atoms with Crippen LogP contribution in [-0.4, -0.2) is 17.4 Å². The van der Waals surface area contributed by atoms with E-state index < -0.39 is 23.2 Å². The first kappa shape index (κ1) is 21.2. The number of nitrogens with zero attached hydrogens (tertiary/aromatic N) is 1. The summed E-state index contributed by atoms with van der Waals surface area (Å²) in [6.07, 6.45) is 0. The summed E-state index contributed by atoms with van der Waals surface area (Å²) in [5.41, 5.74) is 1.37. The summed E-state index contributed by atoms with van der Waals surface area (Å²) in [7, 11) is 0. The molecule has 1 unspecified atom stereocenters. The maximum atomic E-state index is 13.9. The van der Waals surface area contributed by atoms with Gasteiger partial charge in [0, 0.05) is 11.6 Å². The lowest BCUT2D eigenvalue weighted by molar-refractivity contribution is 0.0714. The molecule has 166 valence electrons. The van der Waals surface area contributed by atoms with Crippen molar-refractivity contribution in [1.82, 2.24) is 4.90 Å². The second kappa shape index (κ2) is 8.37. The summed E-state index contributed by atoms with van der Waals surface area (Å²) in [5, 5.41) is 0.607. The van der Waals surface area contributed by atoms with E-state index in [1.165, 1.54) is 12.1 Å². The highest BCUT2D eigenvalue weighted by molar-refractivity contribution is 6.31. The van der Waals surface area contributed by atoms with Gasteiger partial charge in [-0.1, -0.05) is 41.9 Å². The fourth-order valence-electron chi connectivity index (χ4n) is 4.23. The third-order valence-electron chi connectivity index (χ3n) is 5.73. The summed E-state index contributed by atoms with van der Waals surface area (Å²) >= 11 is 6.36. The molecule has 0 N–H and O–H groups in total. The Labute approximate surface area is 194 Å². The zero-order valence-electron chi connectivity index (χ0n) is 17.7. The van der Waals surface area contributed by atoms with Gasteiger partial charge < -0.3 is 14.1 Å². The van der Waals surface area contributed by atoms with Crippen LogP contribution in [0.25, 0.3) is 11.0 Å². The van der Waals surface area contributed by atoms with Crippen LogP contribution in [0.2, 0.25) is 5.02 Å². The van der Waals surface area contributed by atoms with Gasteiger partial charge in [-0.25, -0.2) is 4.39 Å². The minimum atomic E-state index is -0.719. The zero-order valence-corrected chi connectivity index (χ0v) is 18.4.